The number of pyridine rings is 2. The zero-order valence-corrected chi connectivity index (χ0v) is 44.8. The molecule has 7 N–H and O–H groups in total. The summed E-state index contributed by atoms with van der Waals surface area (Å²) in [6.07, 6.45) is 6.87. The summed E-state index contributed by atoms with van der Waals surface area (Å²) in [5.41, 5.74) is 11.2. The number of imidazole rings is 1. The first-order valence-corrected chi connectivity index (χ1v) is 26.3. The first-order valence-electron chi connectivity index (χ1n) is 26.3. The number of hydrogen-bond acceptors (Lipinski definition) is 12. The number of carbonyl (C=O) groups excluding carboxylic acids is 7. The average Bonchev–Trinajstić information content (AvgIpc) is 4.26. The Balaban J connectivity index is 0.954. The Hall–Kier alpha value is -9.67. The highest BCUT2D eigenvalue weighted by Gasteiger charge is 2.30. The summed E-state index contributed by atoms with van der Waals surface area (Å²) < 4.78 is 36.8. The molecule has 8 rings (SSSR count). The first-order chi connectivity index (χ1) is 39.0. The minimum Gasteiger partial charge on any atom is -0.445 e. The van der Waals surface area contributed by atoms with Crippen molar-refractivity contribution in [2.75, 3.05) is 18.4 Å². The molecule has 0 saturated heterocycles. The smallest absolute Gasteiger partial charge is 0.410 e. The van der Waals surface area contributed by atoms with E-state index in [4.69, 9.17) is 20.4 Å². The fraction of sp³-hybridized carbons (Fsp3) is 0.293. The van der Waals surface area contributed by atoms with Crippen LogP contribution in [0.4, 0.5) is 24.1 Å². The van der Waals surface area contributed by atoms with Crippen LogP contribution >= 0.6 is 0 Å². The lowest BCUT2D eigenvalue weighted by Gasteiger charge is -2.25. The molecule has 0 saturated carbocycles. The maximum atomic E-state index is 14.6. The molecule has 1 aliphatic rings. The van der Waals surface area contributed by atoms with Gasteiger partial charge in [-0.1, -0.05) is 62.7 Å². The standard InChI is InChI=1S/C58H61F2N13O8/c1-35(2)52(70-49(74)16-5-4-8-26-72-50(75)23-24-51(72)76)56(78)67-46(15-10-25-62-57(61)79)55(77)66-43-20-17-37(18-21-43)33-81-58(80)71(30-38-12-6-7-13-44(38)40-27-41(59)29-42(60)28-40)32-47-68-53(39-19-22-48-63-34-64-73(48)31-39)54(69-47)45-14-9-11-36(3)65-45/h6-7,9,11-14,17-24,27-29,31,34-35,46,52H,4-5,8,10,15-16,25-26,30,32-33H2,1-3H3,(H,66,77)(H,67,78)(H,68,69)(H,70,74)(H3,61,62,79)/t46-,52?/m0/s1. The van der Waals surface area contributed by atoms with Gasteiger partial charge in [0.25, 0.3) is 11.8 Å². The maximum absolute atomic E-state index is 14.6. The van der Waals surface area contributed by atoms with Crippen molar-refractivity contribution < 1.29 is 47.1 Å². The molecular weight excluding hydrogens is 1040 g/mol. The molecule has 3 aromatic carbocycles. The maximum Gasteiger partial charge on any atom is 0.410 e. The zero-order chi connectivity index (χ0) is 57.6. The molecule has 21 nitrogen and oxygen atoms in total. The lowest BCUT2D eigenvalue weighted by Crippen LogP contribution is -2.54. The van der Waals surface area contributed by atoms with Gasteiger partial charge in [-0.2, -0.15) is 5.10 Å². The van der Waals surface area contributed by atoms with Crippen molar-refractivity contribution in [3.05, 3.63) is 156 Å². The fourth-order valence-corrected chi connectivity index (χ4v) is 9.11. The number of unbranched alkanes of at least 4 members (excludes halogenated alkanes) is 2. The van der Waals surface area contributed by atoms with Gasteiger partial charge in [0.1, 0.15) is 48.2 Å². The monoisotopic (exact) mass is 1110 g/mol. The molecule has 4 aromatic heterocycles. The third kappa shape index (κ3) is 15.5. The predicted octanol–water partition coefficient (Wildman–Crippen LogP) is 7.27. The Morgan fingerprint density at radius 2 is 1.56 bits per heavy atom. The SMILES string of the molecule is Cc1cccc(-c2nc(CN(Cc3ccccc3-c3cc(F)cc(F)c3)C(=O)OCc3ccc(NC(=O)[C@H](CCCNC(N)=O)NC(=O)C(NC(=O)CCCCCN4C(=O)C=CC4=O)C(C)C)cc3)[nH]c2-c2ccc3ncnn3c2)n1. The second-order valence-electron chi connectivity index (χ2n) is 19.7. The molecule has 5 heterocycles. The van der Waals surface area contributed by atoms with Crippen LogP contribution < -0.4 is 27.0 Å². The number of nitrogens with two attached hydrogens (primary N) is 1. The van der Waals surface area contributed by atoms with Gasteiger partial charge in [-0.3, -0.25) is 38.8 Å². The molecule has 23 heteroatoms. The number of carbonyl (C=O) groups is 7. The number of aromatic nitrogens is 6. The van der Waals surface area contributed by atoms with Crippen LogP contribution in [0.5, 0.6) is 0 Å². The number of benzene rings is 3. The van der Waals surface area contributed by atoms with Crippen molar-refractivity contribution in [1.29, 1.82) is 0 Å². The van der Waals surface area contributed by atoms with E-state index in [-0.39, 0.29) is 81.3 Å². The molecular formula is C58H61F2N13O8. The first kappa shape index (κ1) is 57.5. The average molecular weight is 1110 g/mol. The number of primary amides is 1. The van der Waals surface area contributed by atoms with Crippen LogP contribution in [0.25, 0.3) is 39.4 Å². The van der Waals surface area contributed by atoms with E-state index in [1.54, 1.807) is 73.1 Å². The van der Waals surface area contributed by atoms with Crippen LogP contribution in [0, 0.1) is 24.5 Å². The van der Waals surface area contributed by atoms with Gasteiger partial charge in [-0.25, -0.2) is 32.9 Å². The zero-order valence-electron chi connectivity index (χ0n) is 44.8. The van der Waals surface area contributed by atoms with Crippen LogP contribution in [0.1, 0.15) is 75.0 Å². The Morgan fingerprint density at radius 1 is 0.802 bits per heavy atom. The molecule has 1 unspecified atom stereocenters. The molecule has 420 valence electrons. The molecule has 8 amide bonds. The number of halogens is 2. The number of imide groups is 1. The molecule has 2 atom stereocenters. The molecule has 7 aromatic rings. The molecule has 0 bridgehead atoms. The number of nitrogens with one attached hydrogen (secondary N) is 5. The molecule has 0 fully saturated rings. The van der Waals surface area contributed by atoms with Crippen molar-refractivity contribution in [1.82, 2.24) is 55.3 Å². The van der Waals surface area contributed by atoms with E-state index < -0.39 is 47.7 Å². The van der Waals surface area contributed by atoms with E-state index >= 15 is 0 Å². The van der Waals surface area contributed by atoms with Gasteiger partial charge in [0.15, 0.2) is 5.65 Å². The van der Waals surface area contributed by atoms with E-state index in [1.807, 2.05) is 37.3 Å². The van der Waals surface area contributed by atoms with E-state index in [0.29, 0.717) is 75.8 Å². The number of urea groups is 1. The Labute approximate surface area is 464 Å². The van der Waals surface area contributed by atoms with Crippen molar-refractivity contribution in [2.45, 2.75) is 91.1 Å². The number of aryl methyl sites for hydroxylation is 1. The van der Waals surface area contributed by atoms with Gasteiger partial charge in [-0.15, -0.1) is 0 Å². The summed E-state index contributed by atoms with van der Waals surface area (Å²) in [4.78, 5) is 110. The number of H-pyrrole nitrogens is 1. The van der Waals surface area contributed by atoms with Crippen LogP contribution in [0.15, 0.2) is 122 Å². The summed E-state index contributed by atoms with van der Waals surface area (Å²) in [7, 11) is 0. The number of ether oxygens (including phenoxy) is 1. The normalized spacial score (nSPS) is 12.8. The van der Waals surface area contributed by atoms with Crippen molar-refractivity contribution in [2.24, 2.45) is 11.7 Å². The highest BCUT2D eigenvalue weighted by atomic mass is 19.1. The number of nitrogens with zero attached hydrogens (tertiary/aromatic N) is 7. The Morgan fingerprint density at radius 3 is 2.28 bits per heavy atom. The van der Waals surface area contributed by atoms with Gasteiger partial charge in [-0.05, 0) is 109 Å². The van der Waals surface area contributed by atoms with Gasteiger partial charge >= 0.3 is 12.1 Å². The minimum atomic E-state index is -1.11. The van der Waals surface area contributed by atoms with E-state index in [9.17, 15) is 42.3 Å². The highest BCUT2D eigenvalue weighted by molar-refractivity contribution is 6.12. The largest absolute Gasteiger partial charge is 0.445 e. The third-order valence-electron chi connectivity index (χ3n) is 13.2. The quantitative estimate of drug-likeness (QED) is 0.0243. The van der Waals surface area contributed by atoms with Crippen LogP contribution in [-0.4, -0.2) is 106 Å². The van der Waals surface area contributed by atoms with Gasteiger partial charge in [0, 0.05) is 60.9 Å². The Bertz CT molecular complexity index is 3430. The topological polar surface area (TPSA) is 281 Å². The van der Waals surface area contributed by atoms with Gasteiger partial charge in [0.2, 0.25) is 17.7 Å². The number of fused-ring (bicyclic) bond motifs is 1. The van der Waals surface area contributed by atoms with Gasteiger partial charge < -0.3 is 36.7 Å². The number of amides is 8. The van der Waals surface area contributed by atoms with E-state index in [0.717, 1.165) is 16.7 Å². The second-order valence-corrected chi connectivity index (χ2v) is 19.7. The van der Waals surface area contributed by atoms with Crippen molar-refractivity contribution >= 4 is 53.0 Å². The summed E-state index contributed by atoms with van der Waals surface area (Å²) in [5, 5.41) is 15.1. The molecule has 0 radical (unpaired) electrons. The van der Waals surface area contributed by atoms with Crippen molar-refractivity contribution in [3.8, 4) is 33.8 Å². The predicted molar refractivity (Wildman–Crippen MR) is 295 cm³/mol. The molecule has 0 spiro atoms. The van der Waals surface area contributed by atoms with Crippen LogP contribution in [0.2, 0.25) is 0 Å². The fourth-order valence-electron chi connectivity index (χ4n) is 9.11. The van der Waals surface area contributed by atoms with E-state index in [2.05, 4.69) is 36.3 Å². The number of rotatable bonds is 25. The van der Waals surface area contributed by atoms with Crippen LogP contribution in [0.3, 0.4) is 0 Å². The molecule has 81 heavy (non-hydrogen) atoms. The lowest BCUT2D eigenvalue weighted by molar-refractivity contribution is -0.137. The summed E-state index contributed by atoms with van der Waals surface area (Å²) in [5.74, 6) is -3.84. The van der Waals surface area contributed by atoms with Crippen LogP contribution in [-0.2, 0) is 48.4 Å². The highest BCUT2D eigenvalue weighted by Crippen LogP contribution is 2.32. The number of aromatic amines is 1. The Kier molecular flexibility index (Phi) is 19.0. The third-order valence-corrected chi connectivity index (χ3v) is 13.2. The number of hydrogen-bond donors (Lipinski definition) is 6. The summed E-state index contributed by atoms with van der Waals surface area (Å²) >= 11 is 0. The van der Waals surface area contributed by atoms with Gasteiger partial charge in [0.05, 0.1) is 24.5 Å². The number of anilines is 1. The van der Waals surface area contributed by atoms with Crippen molar-refractivity contribution in [3.63, 3.8) is 0 Å². The van der Waals surface area contributed by atoms with E-state index in [1.165, 1.54) is 35.5 Å². The molecule has 1 aliphatic heterocycles. The summed E-state index contributed by atoms with van der Waals surface area (Å²) in [6, 6.07) is 23.0. The molecule has 0 aliphatic carbocycles. The summed E-state index contributed by atoms with van der Waals surface area (Å²) in [6.45, 7) is 5.31. The lowest BCUT2D eigenvalue weighted by atomic mass is 9.99. The minimum absolute atomic E-state index is 0.0786. The second kappa shape index (κ2) is 26.8.